The monoisotopic (exact) mass is 554 g/mol. The van der Waals surface area contributed by atoms with E-state index in [0.717, 1.165) is 24.7 Å². The zero-order valence-corrected chi connectivity index (χ0v) is 20.8. The van der Waals surface area contributed by atoms with Crippen molar-refractivity contribution in [3.63, 3.8) is 0 Å². The first-order chi connectivity index (χ1) is 17.8. The predicted octanol–water partition coefficient (Wildman–Crippen LogP) is 3.41. The molecule has 0 aliphatic heterocycles. The summed E-state index contributed by atoms with van der Waals surface area (Å²) in [5.74, 6) is -11.3. The highest BCUT2D eigenvalue weighted by Crippen LogP contribution is 2.32. The minimum atomic E-state index is -4.75. The van der Waals surface area contributed by atoms with Crippen LogP contribution in [0.5, 0.6) is 17.2 Å². The Labute approximate surface area is 214 Å². The fourth-order valence-electron chi connectivity index (χ4n) is 3.02. The Hall–Kier alpha value is -4.69. The molecule has 0 atom stereocenters. The number of hydrogen-bond acceptors (Lipinski definition) is 8. The summed E-state index contributed by atoms with van der Waals surface area (Å²) in [5.41, 5.74) is 7.98. The number of alkyl halides is 2. The lowest BCUT2D eigenvalue weighted by molar-refractivity contribution is -0.169. The SMILES string of the molecule is COc1cc(OC)c(/C=C/S(=O)(=O)Cc2ccc(OC)c(NC(=O)C(F)(F)C(=O)O)c2)c(C(=O)N=[N+]=[N-])c1. The van der Waals surface area contributed by atoms with Gasteiger partial charge in [-0.05, 0) is 40.5 Å². The van der Waals surface area contributed by atoms with Crippen molar-refractivity contribution in [1.29, 1.82) is 0 Å². The van der Waals surface area contributed by atoms with E-state index in [4.69, 9.17) is 24.8 Å². The van der Waals surface area contributed by atoms with Crippen LogP contribution < -0.4 is 19.5 Å². The van der Waals surface area contributed by atoms with Crippen molar-refractivity contribution < 1.29 is 50.9 Å². The Kier molecular flexibility index (Phi) is 9.35. The highest BCUT2D eigenvalue weighted by atomic mass is 32.2. The molecule has 2 aromatic carbocycles. The van der Waals surface area contributed by atoms with Crippen LogP contribution in [-0.2, 0) is 25.2 Å². The number of rotatable bonds is 11. The molecule has 0 spiro atoms. The number of carbonyl (C=O) groups excluding carboxylic acids is 2. The number of carboxylic acid groups (broad SMARTS) is 1. The quantitative estimate of drug-likeness (QED) is 0.181. The molecule has 0 heterocycles. The first-order valence-electron chi connectivity index (χ1n) is 10.2. The Morgan fingerprint density at radius 2 is 1.76 bits per heavy atom. The average Bonchev–Trinajstić information content (AvgIpc) is 2.86. The van der Waals surface area contributed by atoms with Gasteiger partial charge in [-0.2, -0.15) is 8.78 Å². The molecule has 0 aliphatic carbocycles. The summed E-state index contributed by atoms with van der Waals surface area (Å²) >= 11 is 0. The molecule has 0 unspecified atom stereocenters. The number of azide groups is 1. The van der Waals surface area contributed by atoms with E-state index >= 15 is 0 Å². The lowest BCUT2D eigenvalue weighted by atomic mass is 10.1. The van der Waals surface area contributed by atoms with Gasteiger partial charge in [0, 0.05) is 27.5 Å². The Balaban J connectivity index is 2.44. The number of sulfone groups is 1. The maximum atomic E-state index is 13.5. The van der Waals surface area contributed by atoms with Crippen LogP contribution in [0.3, 0.4) is 0 Å². The third-order valence-corrected chi connectivity index (χ3v) is 6.10. The molecule has 0 saturated heterocycles. The van der Waals surface area contributed by atoms with E-state index in [2.05, 4.69) is 10.0 Å². The lowest BCUT2D eigenvalue weighted by Gasteiger charge is -2.15. The molecule has 0 fully saturated rings. The van der Waals surface area contributed by atoms with Gasteiger partial charge in [0.2, 0.25) is 5.91 Å². The van der Waals surface area contributed by atoms with Crippen molar-refractivity contribution >= 4 is 39.4 Å². The van der Waals surface area contributed by atoms with Gasteiger partial charge in [-0.3, -0.25) is 9.59 Å². The Morgan fingerprint density at radius 3 is 2.32 bits per heavy atom. The van der Waals surface area contributed by atoms with E-state index in [9.17, 15) is 31.6 Å². The second kappa shape index (κ2) is 12.0. The van der Waals surface area contributed by atoms with Crippen LogP contribution in [0.2, 0.25) is 0 Å². The normalized spacial score (nSPS) is 11.4. The first kappa shape index (κ1) is 29.5. The summed E-state index contributed by atoms with van der Waals surface area (Å²) < 4.78 is 67.8. The average molecular weight is 554 g/mol. The summed E-state index contributed by atoms with van der Waals surface area (Å²) in [7, 11) is -0.399. The van der Waals surface area contributed by atoms with E-state index in [-0.39, 0.29) is 33.9 Å². The Bertz CT molecular complexity index is 1450. The third kappa shape index (κ3) is 6.96. The van der Waals surface area contributed by atoms with Gasteiger partial charge in [-0.25, -0.2) is 13.2 Å². The number of halogens is 2. The number of amides is 2. The number of anilines is 1. The van der Waals surface area contributed by atoms with Crippen LogP contribution in [-0.4, -0.2) is 58.6 Å². The van der Waals surface area contributed by atoms with Crippen LogP contribution >= 0.6 is 0 Å². The number of carboxylic acids is 1. The zero-order chi connectivity index (χ0) is 28.7. The van der Waals surface area contributed by atoms with Crippen molar-refractivity contribution in [2.45, 2.75) is 11.7 Å². The molecule has 13 nitrogen and oxygen atoms in total. The van der Waals surface area contributed by atoms with Gasteiger partial charge >= 0.3 is 17.8 Å². The fraction of sp³-hybridized carbons (Fsp3) is 0.227. The summed E-state index contributed by atoms with van der Waals surface area (Å²) in [4.78, 5) is 37.1. The molecular weight excluding hydrogens is 534 g/mol. The third-order valence-electron chi connectivity index (χ3n) is 4.81. The molecule has 16 heteroatoms. The largest absolute Gasteiger partial charge is 0.497 e. The van der Waals surface area contributed by atoms with Crippen molar-refractivity contribution in [1.82, 2.24) is 0 Å². The maximum Gasteiger partial charge on any atom is 0.418 e. The summed E-state index contributed by atoms with van der Waals surface area (Å²) in [6, 6.07) is 6.07. The van der Waals surface area contributed by atoms with Crippen LogP contribution in [0.25, 0.3) is 16.5 Å². The smallest absolute Gasteiger partial charge is 0.418 e. The van der Waals surface area contributed by atoms with Gasteiger partial charge in [0.15, 0.2) is 9.84 Å². The van der Waals surface area contributed by atoms with Crippen molar-refractivity contribution in [3.8, 4) is 17.2 Å². The number of ether oxygens (including phenoxy) is 3. The molecule has 38 heavy (non-hydrogen) atoms. The van der Waals surface area contributed by atoms with E-state index in [1.807, 2.05) is 0 Å². The second-order valence-corrected chi connectivity index (χ2v) is 9.15. The van der Waals surface area contributed by atoms with Gasteiger partial charge in [0.1, 0.15) is 17.2 Å². The molecule has 2 N–H and O–H groups in total. The summed E-state index contributed by atoms with van der Waals surface area (Å²) in [6.07, 6.45) is 1.04. The van der Waals surface area contributed by atoms with Crippen LogP contribution in [0.1, 0.15) is 21.5 Å². The maximum absolute atomic E-state index is 13.5. The standard InChI is InChI=1S/C22H20F2N4O9S/c1-35-13-9-15(19(29)27-28-25)14(18(10-13)37-3)6-7-38(33,34)11-12-4-5-17(36-2)16(8-12)26-20(30)22(23,24)21(31)32/h4-10H,11H2,1-3H3,(H,26,30)(H,31,32)/b7-6+. The molecule has 0 aromatic heterocycles. The minimum Gasteiger partial charge on any atom is -0.497 e. The second-order valence-electron chi connectivity index (χ2n) is 7.26. The van der Waals surface area contributed by atoms with E-state index < -0.39 is 45.0 Å². The van der Waals surface area contributed by atoms with E-state index in [0.29, 0.717) is 0 Å². The molecule has 0 aliphatic rings. The summed E-state index contributed by atoms with van der Waals surface area (Å²) in [6.45, 7) is 0. The van der Waals surface area contributed by atoms with Crippen molar-refractivity contribution in [3.05, 3.63) is 62.9 Å². The number of nitrogens with one attached hydrogen (secondary N) is 1. The summed E-state index contributed by atoms with van der Waals surface area (Å²) in [5, 5.41) is 14.0. The van der Waals surface area contributed by atoms with Crippen LogP contribution in [0.15, 0.2) is 40.9 Å². The number of carbonyl (C=O) groups is 3. The van der Waals surface area contributed by atoms with E-state index in [1.165, 1.54) is 38.5 Å². The molecule has 202 valence electrons. The van der Waals surface area contributed by atoms with Crippen molar-refractivity contribution in [2.24, 2.45) is 5.11 Å². The highest BCUT2D eigenvalue weighted by molar-refractivity contribution is 7.93. The first-order valence-corrected chi connectivity index (χ1v) is 11.9. The number of hydrogen-bond donors (Lipinski definition) is 2. The Morgan fingerprint density at radius 1 is 1.11 bits per heavy atom. The van der Waals surface area contributed by atoms with Gasteiger partial charge < -0.3 is 24.6 Å². The van der Waals surface area contributed by atoms with Gasteiger partial charge in [-0.15, -0.1) is 0 Å². The number of benzene rings is 2. The van der Waals surface area contributed by atoms with Crippen LogP contribution in [0.4, 0.5) is 14.5 Å². The van der Waals surface area contributed by atoms with Crippen LogP contribution in [0, 0.1) is 0 Å². The lowest BCUT2D eigenvalue weighted by Crippen LogP contribution is -2.42. The van der Waals surface area contributed by atoms with Gasteiger partial charge in [0.05, 0.1) is 32.8 Å². The molecule has 0 bridgehead atoms. The number of methoxy groups -OCH3 is 3. The fourth-order valence-corrected chi connectivity index (χ4v) is 4.11. The molecule has 2 aromatic rings. The topological polar surface area (TPSA) is 194 Å². The number of nitrogens with zero attached hydrogens (tertiary/aromatic N) is 3. The van der Waals surface area contributed by atoms with E-state index in [1.54, 1.807) is 5.32 Å². The molecule has 0 saturated carbocycles. The van der Waals surface area contributed by atoms with Crippen molar-refractivity contribution in [2.75, 3.05) is 26.6 Å². The minimum absolute atomic E-state index is 0.0106. The zero-order valence-electron chi connectivity index (χ0n) is 20.0. The van der Waals surface area contributed by atoms with Gasteiger partial charge in [-0.1, -0.05) is 6.07 Å². The predicted molar refractivity (Wildman–Crippen MR) is 129 cm³/mol. The highest BCUT2D eigenvalue weighted by Gasteiger charge is 2.48. The molecular formula is C22H20F2N4O9S. The van der Waals surface area contributed by atoms with Gasteiger partial charge in [0.25, 0.3) is 0 Å². The molecule has 2 amide bonds. The molecule has 2 rings (SSSR count). The molecule has 0 radical (unpaired) electrons. The number of aliphatic carboxylic acids is 1.